The lowest BCUT2D eigenvalue weighted by atomic mass is 10.0. The van der Waals surface area contributed by atoms with Crippen LogP contribution in [0.15, 0.2) is 0 Å². The smallest absolute Gasteiger partial charge is 0.0698 e. The molecule has 0 aromatic heterocycles. The van der Waals surface area contributed by atoms with Crippen molar-refractivity contribution in [2.24, 2.45) is 0 Å². The fourth-order valence-electron chi connectivity index (χ4n) is 1.47. The molecule has 1 radical (unpaired) electrons. The largest absolute Gasteiger partial charge is 0.310 e. The molecule has 8 heavy (non-hydrogen) atoms. The maximum absolute atomic E-state index is 3.36. The van der Waals surface area contributed by atoms with Gasteiger partial charge in [0.05, 0.1) is 6.04 Å². The van der Waals surface area contributed by atoms with E-state index >= 15 is 0 Å². The fourth-order valence-corrected chi connectivity index (χ4v) is 1.47. The third-order valence-corrected chi connectivity index (χ3v) is 2.18. The monoisotopic (exact) mass is 111 g/mol. The van der Waals surface area contributed by atoms with Crippen LogP contribution < -0.4 is 5.32 Å². The molecular weight excluding hydrogens is 100 g/mol. The van der Waals surface area contributed by atoms with Gasteiger partial charge in [0.2, 0.25) is 0 Å². The molecule has 0 aromatic rings. The van der Waals surface area contributed by atoms with E-state index in [0.29, 0.717) is 0 Å². The zero-order chi connectivity index (χ0) is 5.56. The molecule has 1 N–H and O–H groups in total. The zero-order valence-electron chi connectivity index (χ0n) is 5.15. The predicted octanol–water partition coefficient (Wildman–Crippen LogP) is -0.174. The molecule has 0 spiro atoms. The molecule has 2 saturated heterocycles. The summed E-state index contributed by atoms with van der Waals surface area (Å²) in [6, 6.07) is 2.38. The van der Waals surface area contributed by atoms with Gasteiger partial charge in [0.1, 0.15) is 0 Å². The SMILES string of the molecule is CN1CCC2NC[C]21. The Bertz CT molecular complexity index is 96.7. The first-order chi connectivity index (χ1) is 3.88. The molecule has 1 atom stereocenters. The van der Waals surface area contributed by atoms with E-state index in [-0.39, 0.29) is 0 Å². The number of fused-ring (bicyclic) bond motifs is 1. The van der Waals surface area contributed by atoms with Gasteiger partial charge in [0.15, 0.2) is 0 Å². The van der Waals surface area contributed by atoms with Crippen molar-refractivity contribution in [1.82, 2.24) is 10.2 Å². The van der Waals surface area contributed by atoms with Crippen LogP contribution in [-0.2, 0) is 0 Å². The number of hydrogen-bond donors (Lipinski definition) is 1. The fraction of sp³-hybridized carbons (Fsp3) is 0.833. The van der Waals surface area contributed by atoms with E-state index in [0.717, 1.165) is 12.6 Å². The third-order valence-electron chi connectivity index (χ3n) is 2.18. The zero-order valence-corrected chi connectivity index (χ0v) is 5.15. The average molecular weight is 111 g/mol. The summed E-state index contributed by atoms with van der Waals surface area (Å²) < 4.78 is 0. The summed E-state index contributed by atoms with van der Waals surface area (Å²) >= 11 is 0. The average Bonchev–Trinajstić information content (AvgIpc) is 1.80. The Morgan fingerprint density at radius 3 is 2.88 bits per heavy atom. The van der Waals surface area contributed by atoms with Gasteiger partial charge in [-0.1, -0.05) is 0 Å². The molecule has 0 amide bonds. The Morgan fingerprint density at radius 1 is 1.75 bits per heavy atom. The highest BCUT2D eigenvalue weighted by atomic mass is 15.3. The Balaban J connectivity index is 2.05. The summed E-state index contributed by atoms with van der Waals surface area (Å²) in [5.74, 6) is 0. The van der Waals surface area contributed by atoms with Crippen molar-refractivity contribution in [3.63, 3.8) is 0 Å². The van der Waals surface area contributed by atoms with Crippen molar-refractivity contribution < 1.29 is 0 Å². The highest BCUT2D eigenvalue weighted by Gasteiger charge is 2.38. The molecule has 0 aromatic carbocycles. The Hall–Kier alpha value is -0.0800. The summed E-state index contributed by atoms with van der Waals surface area (Å²) in [5.41, 5.74) is 0. The standard InChI is InChI=1S/C6H11N2/c1-8-3-2-5-6(8)4-7-5/h5,7H,2-4H2,1H3. The van der Waals surface area contributed by atoms with Gasteiger partial charge in [-0.05, 0) is 13.5 Å². The second kappa shape index (κ2) is 1.45. The molecule has 2 fully saturated rings. The number of rotatable bonds is 0. The second-order valence-corrected chi connectivity index (χ2v) is 2.64. The van der Waals surface area contributed by atoms with E-state index in [9.17, 15) is 0 Å². The predicted molar refractivity (Wildman–Crippen MR) is 32.3 cm³/mol. The number of nitrogens with one attached hydrogen (secondary N) is 1. The topological polar surface area (TPSA) is 15.3 Å². The van der Waals surface area contributed by atoms with E-state index in [1.165, 1.54) is 13.0 Å². The summed E-state index contributed by atoms with van der Waals surface area (Å²) in [4.78, 5) is 2.36. The van der Waals surface area contributed by atoms with E-state index in [4.69, 9.17) is 0 Å². The molecule has 2 rings (SSSR count). The molecule has 2 aliphatic rings. The van der Waals surface area contributed by atoms with Gasteiger partial charge in [-0.15, -0.1) is 0 Å². The highest BCUT2D eigenvalue weighted by Crippen LogP contribution is 2.28. The van der Waals surface area contributed by atoms with Crippen LogP contribution in [0.25, 0.3) is 0 Å². The van der Waals surface area contributed by atoms with E-state index in [1.54, 1.807) is 6.04 Å². The maximum atomic E-state index is 3.36. The lowest BCUT2D eigenvalue weighted by molar-refractivity contribution is 0.316. The van der Waals surface area contributed by atoms with Crippen molar-refractivity contribution >= 4 is 0 Å². The van der Waals surface area contributed by atoms with Crippen LogP contribution in [0.3, 0.4) is 0 Å². The van der Waals surface area contributed by atoms with Gasteiger partial charge >= 0.3 is 0 Å². The van der Waals surface area contributed by atoms with E-state index in [1.807, 2.05) is 0 Å². The molecule has 2 aliphatic heterocycles. The number of likely N-dealkylation sites (N-methyl/N-ethyl adjacent to an activating group) is 1. The van der Waals surface area contributed by atoms with Crippen molar-refractivity contribution in [1.29, 1.82) is 0 Å². The summed E-state index contributed by atoms with van der Waals surface area (Å²) in [7, 11) is 2.18. The van der Waals surface area contributed by atoms with Gasteiger partial charge in [-0.3, -0.25) is 4.90 Å². The molecule has 2 heteroatoms. The quantitative estimate of drug-likeness (QED) is 0.466. The molecule has 2 nitrogen and oxygen atoms in total. The Labute approximate surface area is 49.9 Å². The van der Waals surface area contributed by atoms with Gasteiger partial charge in [-0.2, -0.15) is 0 Å². The van der Waals surface area contributed by atoms with Gasteiger partial charge < -0.3 is 5.32 Å². The summed E-state index contributed by atoms with van der Waals surface area (Å²) in [5, 5.41) is 3.36. The van der Waals surface area contributed by atoms with Crippen molar-refractivity contribution in [3.8, 4) is 0 Å². The summed E-state index contributed by atoms with van der Waals surface area (Å²) in [6.45, 7) is 2.40. The van der Waals surface area contributed by atoms with Crippen LogP contribution in [0.1, 0.15) is 6.42 Å². The first-order valence-electron chi connectivity index (χ1n) is 3.18. The molecule has 45 valence electrons. The van der Waals surface area contributed by atoms with Gasteiger partial charge in [0.25, 0.3) is 0 Å². The highest BCUT2D eigenvalue weighted by molar-refractivity contribution is 5.15. The first-order valence-corrected chi connectivity index (χ1v) is 3.18. The minimum Gasteiger partial charge on any atom is -0.310 e. The van der Waals surface area contributed by atoms with Crippen LogP contribution >= 0.6 is 0 Å². The molecule has 2 heterocycles. The molecule has 1 unspecified atom stereocenters. The molecular formula is C6H11N2. The molecule has 0 bridgehead atoms. The number of hydrogen-bond acceptors (Lipinski definition) is 2. The lowest BCUT2D eigenvalue weighted by Gasteiger charge is -2.34. The van der Waals surface area contributed by atoms with Gasteiger partial charge in [0, 0.05) is 19.1 Å². The molecule has 0 aliphatic carbocycles. The van der Waals surface area contributed by atoms with Crippen molar-refractivity contribution in [2.75, 3.05) is 20.1 Å². The third kappa shape index (κ3) is 0.446. The van der Waals surface area contributed by atoms with E-state index < -0.39 is 0 Å². The number of likely N-dealkylation sites (tertiary alicyclic amines) is 1. The minimum atomic E-state index is 0.764. The van der Waals surface area contributed by atoms with E-state index in [2.05, 4.69) is 17.3 Å². The normalized spacial score (nSPS) is 39.4. The van der Waals surface area contributed by atoms with Crippen LogP contribution in [-0.4, -0.2) is 31.1 Å². The lowest BCUT2D eigenvalue weighted by Crippen LogP contribution is -2.51. The van der Waals surface area contributed by atoms with Crippen molar-refractivity contribution in [2.45, 2.75) is 12.5 Å². The van der Waals surface area contributed by atoms with Crippen LogP contribution in [0, 0.1) is 6.04 Å². The molecule has 0 saturated carbocycles. The second-order valence-electron chi connectivity index (χ2n) is 2.64. The Morgan fingerprint density at radius 2 is 2.62 bits per heavy atom. The maximum Gasteiger partial charge on any atom is 0.0698 e. The van der Waals surface area contributed by atoms with Crippen LogP contribution in [0.2, 0.25) is 0 Å². The first kappa shape index (κ1) is 4.77. The van der Waals surface area contributed by atoms with Crippen molar-refractivity contribution in [3.05, 3.63) is 6.04 Å². The number of nitrogens with zero attached hydrogens (tertiary/aromatic N) is 1. The van der Waals surface area contributed by atoms with Crippen LogP contribution in [0.5, 0.6) is 0 Å². The minimum absolute atomic E-state index is 0.764. The van der Waals surface area contributed by atoms with Gasteiger partial charge in [-0.25, -0.2) is 0 Å². The Kier molecular flexibility index (Phi) is 0.866. The summed E-state index contributed by atoms with van der Waals surface area (Å²) in [6.07, 6.45) is 1.33. The van der Waals surface area contributed by atoms with Crippen LogP contribution in [0.4, 0.5) is 0 Å².